The van der Waals surface area contributed by atoms with Crippen LogP contribution in [0.4, 0.5) is 0 Å². The number of carbonyl (C=O) groups is 1. The molecule has 0 unspecified atom stereocenters. The molecular formula is C21H27NO3. The van der Waals surface area contributed by atoms with Crippen molar-refractivity contribution in [2.24, 2.45) is 29.6 Å². The number of carbonyl (C=O) groups excluding carboxylic acids is 1. The first-order valence-electron chi connectivity index (χ1n) is 9.57. The van der Waals surface area contributed by atoms with E-state index in [0.29, 0.717) is 29.6 Å². The SMILES string of the molecule is COc1cccc(/C=C/[C@H]2[C@@H]3CCCC[C@H]3C[C@H]3C(=O)O[C@H](C)[C@@H]23)n1. The Balaban J connectivity index is 1.63. The first-order valence-corrected chi connectivity index (χ1v) is 9.57. The molecule has 4 rings (SSSR count). The van der Waals surface area contributed by atoms with Crippen molar-refractivity contribution in [3.63, 3.8) is 0 Å². The number of hydrogen-bond acceptors (Lipinski definition) is 4. The van der Waals surface area contributed by atoms with Crippen LogP contribution in [0.25, 0.3) is 6.08 Å². The molecule has 0 spiro atoms. The molecule has 4 nitrogen and oxygen atoms in total. The topological polar surface area (TPSA) is 48.4 Å². The molecule has 1 saturated heterocycles. The predicted octanol–water partition coefficient (Wildman–Crippen LogP) is 4.11. The van der Waals surface area contributed by atoms with Crippen molar-refractivity contribution in [2.45, 2.75) is 45.1 Å². The Morgan fingerprint density at radius 2 is 2.12 bits per heavy atom. The number of nitrogens with zero attached hydrogens (tertiary/aromatic N) is 1. The minimum absolute atomic E-state index is 0.0216. The van der Waals surface area contributed by atoms with Crippen LogP contribution in [0.5, 0.6) is 5.88 Å². The molecule has 1 aromatic heterocycles. The highest BCUT2D eigenvalue weighted by Gasteiger charge is 2.53. The molecule has 0 bridgehead atoms. The average molecular weight is 341 g/mol. The normalized spacial score (nSPS) is 37.4. The van der Waals surface area contributed by atoms with Gasteiger partial charge in [0.1, 0.15) is 6.10 Å². The zero-order chi connectivity index (χ0) is 17.4. The summed E-state index contributed by atoms with van der Waals surface area (Å²) in [5.41, 5.74) is 0.909. The molecular weight excluding hydrogens is 314 g/mol. The molecule has 2 aliphatic carbocycles. The van der Waals surface area contributed by atoms with Gasteiger partial charge in [-0.15, -0.1) is 0 Å². The summed E-state index contributed by atoms with van der Waals surface area (Å²) in [6.45, 7) is 2.07. The van der Waals surface area contributed by atoms with E-state index in [1.54, 1.807) is 7.11 Å². The number of ether oxygens (including phenoxy) is 2. The zero-order valence-corrected chi connectivity index (χ0v) is 15.1. The van der Waals surface area contributed by atoms with Crippen LogP contribution in [0.3, 0.4) is 0 Å². The lowest BCUT2D eigenvalue weighted by Crippen LogP contribution is -2.42. The molecule has 3 fully saturated rings. The highest BCUT2D eigenvalue weighted by Crippen LogP contribution is 2.53. The average Bonchev–Trinajstić information content (AvgIpc) is 2.93. The predicted molar refractivity (Wildman–Crippen MR) is 95.9 cm³/mol. The van der Waals surface area contributed by atoms with Crippen LogP contribution >= 0.6 is 0 Å². The summed E-state index contributed by atoms with van der Waals surface area (Å²) in [5.74, 6) is 2.80. The van der Waals surface area contributed by atoms with Gasteiger partial charge >= 0.3 is 5.97 Å². The zero-order valence-electron chi connectivity index (χ0n) is 15.1. The van der Waals surface area contributed by atoms with Gasteiger partial charge in [0.2, 0.25) is 5.88 Å². The van der Waals surface area contributed by atoms with Gasteiger partial charge < -0.3 is 9.47 Å². The maximum atomic E-state index is 12.3. The second kappa shape index (κ2) is 6.81. The highest BCUT2D eigenvalue weighted by atomic mass is 16.6. The van der Waals surface area contributed by atoms with E-state index in [1.807, 2.05) is 18.2 Å². The lowest BCUT2D eigenvalue weighted by molar-refractivity contribution is -0.144. The van der Waals surface area contributed by atoms with Gasteiger partial charge in [-0.25, -0.2) is 4.98 Å². The van der Waals surface area contributed by atoms with E-state index in [0.717, 1.165) is 12.1 Å². The van der Waals surface area contributed by atoms with Gasteiger partial charge in [-0.1, -0.05) is 31.4 Å². The highest BCUT2D eigenvalue weighted by molar-refractivity contribution is 5.75. The van der Waals surface area contributed by atoms with E-state index < -0.39 is 0 Å². The summed E-state index contributed by atoms with van der Waals surface area (Å²) in [7, 11) is 1.64. The van der Waals surface area contributed by atoms with Gasteiger partial charge in [-0.05, 0) is 49.7 Å². The van der Waals surface area contributed by atoms with Crippen molar-refractivity contribution in [3.8, 4) is 5.88 Å². The Bertz CT molecular complexity index is 671. The maximum Gasteiger partial charge on any atom is 0.309 e. The molecule has 2 saturated carbocycles. The second-order valence-electron chi connectivity index (χ2n) is 7.81. The third-order valence-electron chi connectivity index (χ3n) is 6.52. The fraction of sp³-hybridized carbons (Fsp3) is 0.619. The Morgan fingerprint density at radius 1 is 1.28 bits per heavy atom. The standard InChI is InChI=1S/C21H27NO3/c1-13-20-17(11-10-15-7-5-9-19(22-15)24-2)16-8-4-3-6-14(16)12-18(20)21(23)25-13/h5,7,9-11,13-14,16-18,20H,3-4,6,8,12H2,1-2H3/b11-10+/t13-,14+,16-,17+,18-,20+/m1/s1. The maximum absolute atomic E-state index is 12.3. The molecule has 1 aromatic rings. The summed E-state index contributed by atoms with van der Waals surface area (Å²) in [5, 5.41) is 0. The van der Waals surface area contributed by atoms with E-state index in [9.17, 15) is 4.79 Å². The first-order chi connectivity index (χ1) is 12.2. The number of pyridine rings is 1. The Morgan fingerprint density at radius 3 is 2.96 bits per heavy atom. The lowest BCUT2D eigenvalue weighted by Gasteiger charge is -2.45. The lowest BCUT2D eigenvalue weighted by atomic mass is 9.57. The molecule has 4 heteroatoms. The van der Waals surface area contributed by atoms with Crippen LogP contribution in [-0.2, 0) is 9.53 Å². The molecule has 2 heterocycles. The number of rotatable bonds is 3. The third kappa shape index (κ3) is 3.07. The van der Waals surface area contributed by atoms with Gasteiger partial charge in [0.15, 0.2) is 0 Å². The number of cyclic esters (lactones) is 1. The van der Waals surface area contributed by atoms with Crippen molar-refractivity contribution in [1.29, 1.82) is 0 Å². The molecule has 3 aliphatic rings. The van der Waals surface area contributed by atoms with Crippen LogP contribution in [0.1, 0.15) is 44.7 Å². The summed E-state index contributed by atoms with van der Waals surface area (Å²) < 4.78 is 10.8. The van der Waals surface area contributed by atoms with Crippen molar-refractivity contribution >= 4 is 12.0 Å². The van der Waals surface area contributed by atoms with Gasteiger partial charge in [0.25, 0.3) is 0 Å². The van der Waals surface area contributed by atoms with Crippen molar-refractivity contribution < 1.29 is 14.3 Å². The molecule has 0 N–H and O–H groups in total. The number of esters is 1. The Labute approximate surface area is 149 Å². The molecule has 25 heavy (non-hydrogen) atoms. The van der Waals surface area contributed by atoms with Crippen molar-refractivity contribution in [2.75, 3.05) is 7.11 Å². The molecule has 0 aromatic carbocycles. The molecule has 134 valence electrons. The number of aromatic nitrogens is 1. The fourth-order valence-corrected chi connectivity index (χ4v) is 5.43. The minimum Gasteiger partial charge on any atom is -0.481 e. The number of methoxy groups -OCH3 is 1. The quantitative estimate of drug-likeness (QED) is 0.777. The van der Waals surface area contributed by atoms with E-state index in [2.05, 4.69) is 24.1 Å². The van der Waals surface area contributed by atoms with Gasteiger partial charge in [0, 0.05) is 12.0 Å². The number of hydrogen-bond donors (Lipinski definition) is 0. The van der Waals surface area contributed by atoms with Crippen molar-refractivity contribution in [1.82, 2.24) is 4.98 Å². The van der Waals surface area contributed by atoms with Crippen LogP contribution in [-0.4, -0.2) is 24.2 Å². The summed E-state index contributed by atoms with van der Waals surface area (Å²) in [6, 6.07) is 5.82. The van der Waals surface area contributed by atoms with E-state index >= 15 is 0 Å². The van der Waals surface area contributed by atoms with Crippen LogP contribution < -0.4 is 4.74 Å². The fourth-order valence-electron chi connectivity index (χ4n) is 5.43. The summed E-state index contributed by atoms with van der Waals surface area (Å²) in [4.78, 5) is 16.8. The van der Waals surface area contributed by atoms with Gasteiger partial charge in [-0.3, -0.25) is 4.79 Å². The number of allylic oxidation sites excluding steroid dienone is 1. The van der Waals surface area contributed by atoms with Crippen LogP contribution in [0.15, 0.2) is 24.3 Å². The van der Waals surface area contributed by atoms with Crippen LogP contribution in [0.2, 0.25) is 0 Å². The smallest absolute Gasteiger partial charge is 0.309 e. The summed E-state index contributed by atoms with van der Waals surface area (Å²) in [6.07, 6.45) is 10.6. The Hall–Kier alpha value is -1.84. The van der Waals surface area contributed by atoms with Gasteiger partial charge in [-0.2, -0.15) is 0 Å². The molecule has 0 radical (unpaired) electrons. The van der Waals surface area contributed by atoms with E-state index in [4.69, 9.17) is 9.47 Å². The first kappa shape index (κ1) is 16.6. The Kier molecular flexibility index (Phi) is 4.53. The summed E-state index contributed by atoms with van der Waals surface area (Å²) >= 11 is 0. The minimum atomic E-state index is 0.0216. The number of fused-ring (bicyclic) bond motifs is 2. The molecule has 6 atom stereocenters. The monoisotopic (exact) mass is 341 g/mol. The van der Waals surface area contributed by atoms with Gasteiger partial charge in [0.05, 0.1) is 18.7 Å². The molecule has 1 aliphatic heterocycles. The van der Waals surface area contributed by atoms with E-state index in [1.165, 1.54) is 25.7 Å². The van der Waals surface area contributed by atoms with E-state index in [-0.39, 0.29) is 18.0 Å². The third-order valence-corrected chi connectivity index (χ3v) is 6.52. The second-order valence-corrected chi connectivity index (χ2v) is 7.81. The molecule has 0 amide bonds. The largest absolute Gasteiger partial charge is 0.481 e. The van der Waals surface area contributed by atoms with Crippen LogP contribution in [0, 0.1) is 29.6 Å². The van der Waals surface area contributed by atoms with Crippen molar-refractivity contribution in [3.05, 3.63) is 30.0 Å².